The fourth-order valence-corrected chi connectivity index (χ4v) is 2.78. The Morgan fingerprint density at radius 2 is 2.24 bits per heavy atom. The number of nitrogens with two attached hydrogens (primary N) is 1. The summed E-state index contributed by atoms with van der Waals surface area (Å²) in [6.07, 6.45) is 3.41. The Morgan fingerprint density at radius 3 is 3.00 bits per heavy atom. The van der Waals surface area contributed by atoms with Gasteiger partial charge in [0.05, 0.1) is 0 Å². The summed E-state index contributed by atoms with van der Waals surface area (Å²) in [6.45, 7) is 2.17. The number of nitrogens with zero attached hydrogens (tertiary/aromatic N) is 1. The summed E-state index contributed by atoms with van der Waals surface area (Å²) in [4.78, 5) is 16.6. The van der Waals surface area contributed by atoms with Crippen molar-refractivity contribution in [2.45, 2.75) is 32.2 Å². The van der Waals surface area contributed by atoms with Crippen molar-refractivity contribution < 1.29 is 4.79 Å². The van der Waals surface area contributed by atoms with Crippen LogP contribution in [0.15, 0.2) is 30.3 Å². The number of aromatic nitrogens is 1. The van der Waals surface area contributed by atoms with E-state index in [1.807, 2.05) is 30.3 Å². The molecule has 5 nitrogen and oxygen atoms in total. The third kappa shape index (κ3) is 2.83. The highest BCUT2D eigenvalue weighted by Gasteiger charge is 2.37. The first-order valence-electron chi connectivity index (χ1n) is 7.40. The van der Waals surface area contributed by atoms with Crippen LogP contribution in [0.1, 0.15) is 36.7 Å². The molecule has 110 valence electrons. The predicted octanol–water partition coefficient (Wildman–Crippen LogP) is 2.44. The van der Waals surface area contributed by atoms with E-state index in [1.165, 1.54) is 6.42 Å². The summed E-state index contributed by atoms with van der Waals surface area (Å²) in [5.74, 6) is 6.55. The van der Waals surface area contributed by atoms with Crippen molar-refractivity contribution >= 4 is 22.5 Å². The number of anilines is 1. The molecule has 0 spiro atoms. The van der Waals surface area contributed by atoms with Crippen molar-refractivity contribution in [2.75, 3.05) is 5.43 Å². The number of hydrazine groups is 1. The van der Waals surface area contributed by atoms with Gasteiger partial charge in [0, 0.05) is 11.4 Å². The van der Waals surface area contributed by atoms with Gasteiger partial charge in [-0.15, -0.1) is 0 Å². The molecule has 2 unspecified atom stereocenters. The summed E-state index contributed by atoms with van der Waals surface area (Å²) in [5, 5.41) is 4.91. The van der Waals surface area contributed by atoms with E-state index in [4.69, 9.17) is 5.84 Å². The first-order valence-corrected chi connectivity index (χ1v) is 7.40. The molecule has 2 aromatic rings. The zero-order valence-electron chi connectivity index (χ0n) is 12.1. The Bertz CT molecular complexity index is 670. The Labute approximate surface area is 123 Å². The lowest BCUT2D eigenvalue weighted by Crippen LogP contribution is -2.28. The van der Waals surface area contributed by atoms with E-state index < -0.39 is 0 Å². The van der Waals surface area contributed by atoms with E-state index in [2.05, 4.69) is 22.7 Å². The number of nitrogen functional groups attached to an aromatic ring is 1. The van der Waals surface area contributed by atoms with Crippen LogP contribution in [0.25, 0.3) is 10.8 Å². The van der Waals surface area contributed by atoms with E-state index in [-0.39, 0.29) is 5.91 Å². The summed E-state index contributed by atoms with van der Waals surface area (Å²) in [6, 6.07) is 9.85. The molecule has 1 saturated carbocycles. The molecule has 2 atom stereocenters. The molecule has 1 aromatic heterocycles. The summed E-state index contributed by atoms with van der Waals surface area (Å²) in [5.41, 5.74) is 2.98. The number of hydrogen-bond acceptors (Lipinski definition) is 4. The van der Waals surface area contributed by atoms with E-state index in [0.717, 1.165) is 23.6 Å². The van der Waals surface area contributed by atoms with Crippen LogP contribution in [0.3, 0.4) is 0 Å². The molecule has 1 amide bonds. The molecule has 1 aliphatic rings. The molecule has 0 radical (unpaired) electrons. The first-order chi connectivity index (χ1) is 10.2. The largest absolute Gasteiger partial charge is 0.348 e. The highest BCUT2D eigenvalue weighted by Crippen LogP contribution is 2.34. The predicted molar refractivity (Wildman–Crippen MR) is 83.8 cm³/mol. The number of amides is 1. The Hall–Kier alpha value is -2.14. The topological polar surface area (TPSA) is 80.0 Å². The van der Waals surface area contributed by atoms with Crippen molar-refractivity contribution in [1.29, 1.82) is 0 Å². The second-order valence-corrected chi connectivity index (χ2v) is 5.59. The van der Waals surface area contributed by atoms with Gasteiger partial charge in [0.15, 0.2) is 0 Å². The lowest BCUT2D eigenvalue weighted by Gasteiger charge is -2.09. The van der Waals surface area contributed by atoms with Crippen LogP contribution in [0.5, 0.6) is 0 Å². The maximum atomic E-state index is 12.3. The number of nitrogens with one attached hydrogen (secondary N) is 2. The van der Waals surface area contributed by atoms with Crippen LogP contribution < -0.4 is 16.6 Å². The maximum Gasteiger partial charge on any atom is 0.270 e. The Morgan fingerprint density at radius 1 is 1.43 bits per heavy atom. The van der Waals surface area contributed by atoms with Crippen molar-refractivity contribution in [3.8, 4) is 0 Å². The molecule has 1 aliphatic carbocycles. The van der Waals surface area contributed by atoms with Crippen molar-refractivity contribution in [1.82, 2.24) is 10.3 Å². The van der Waals surface area contributed by atoms with E-state index in [1.54, 1.807) is 0 Å². The number of carbonyl (C=O) groups is 1. The van der Waals surface area contributed by atoms with Gasteiger partial charge in [-0.25, -0.2) is 10.8 Å². The fraction of sp³-hybridized carbons (Fsp3) is 0.375. The zero-order chi connectivity index (χ0) is 14.8. The van der Waals surface area contributed by atoms with Gasteiger partial charge in [-0.05, 0) is 30.2 Å². The lowest BCUT2D eigenvalue weighted by molar-refractivity contribution is 0.0944. The van der Waals surface area contributed by atoms with Crippen molar-refractivity contribution in [3.05, 3.63) is 36.0 Å². The molecule has 3 rings (SSSR count). The van der Waals surface area contributed by atoms with Gasteiger partial charge >= 0.3 is 0 Å². The normalized spacial score (nSPS) is 20.3. The Kier molecular flexibility index (Phi) is 3.75. The standard InChI is InChI=1S/C16H20N4O/c1-2-5-11-9-13(11)19-16(21)14-8-10-6-3-4-7-12(10)15(18-14)20-17/h3-4,6-8,11,13H,2,5,9,17H2,1H3,(H,18,20)(H,19,21). The molecule has 1 fully saturated rings. The zero-order valence-corrected chi connectivity index (χ0v) is 12.1. The summed E-state index contributed by atoms with van der Waals surface area (Å²) in [7, 11) is 0. The summed E-state index contributed by atoms with van der Waals surface area (Å²) >= 11 is 0. The number of pyridine rings is 1. The fourth-order valence-electron chi connectivity index (χ4n) is 2.78. The number of benzene rings is 1. The van der Waals surface area contributed by atoms with E-state index >= 15 is 0 Å². The van der Waals surface area contributed by atoms with Gasteiger partial charge in [-0.2, -0.15) is 0 Å². The second kappa shape index (κ2) is 5.69. The van der Waals surface area contributed by atoms with Gasteiger partial charge < -0.3 is 10.7 Å². The molecule has 1 aromatic carbocycles. The van der Waals surface area contributed by atoms with Crippen LogP contribution in [0, 0.1) is 5.92 Å². The van der Waals surface area contributed by atoms with Crippen LogP contribution >= 0.6 is 0 Å². The van der Waals surface area contributed by atoms with Gasteiger partial charge in [-0.3, -0.25) is 4.79 Å². The highest BCUT2D eigenvalue weighted by atomic mass is 16.2. The van der Waals surface area contributed by atoms with E-state index in [0.29, 0.717) is 23.5 Å². The maximum absolute atomic E-state index is 12.3. The number of fused-ring (bicyclic) bond motifs is 1. The SMILES string of the molecule is CCCC1CC1NC(=O)c1cc2ccccc2c(NN)n1. The highest BCUT2D eigenvalue weighted by molar-refractivity contribution is 6.00. The van der Waals surface area contributed by atoms with Gasteiger partial charge in [0.25, 0.3) is 5.91 Å². The molecular weight excluding hydrogens is 264 g/mol. The van der Waals surface area contributed by atoms with Crippen molar-refractivity contribution in [2.24, 2.45) is 11.8 Å². The smallest absolute Gasteiger partial charge is 0.270 e. The van der Waals surface area contributed by atoms with E-state index in [9.17, 15) is 4.79 Å². The minimum Gasteiger partial charge on any atom is -0.348 e. The average Bonchev–Trinajstić information content (AvgIpc) is 3.24. The second-order valence-electron chi connectivity index (χ2n) is 5.59. The third-order valence-corrected chi connectivity index (χ3v) is 4.01. The Balaban J connectivity index is 1.82. The lowest BCUT2D eigenvalue weighted by atomic mass is 10.1. The van der Waals surface area contributed by atoms with Crippen molar-refractivity contribution in [3.63, 3.8) is 0 Å². The molecular formula is C16H20N4O. The average molecular weight is 284 g/mol. The molecule has 4 N–H and O–H groups in total. The quantitative estimate of drug-likeness (QED) is 0.582. The molecule has 0 bridgehead atoms. The number of hydrogen-bond donors (Lipinski definition) is 3. The number of rotatable bonds is 5. The monoisotopic (exact) mass is 284 g/mol. The number of carbonyl (C=O) groups excluding carboxylic acids is 1. The first kappa shape index (κ1) is 13.8. The van der Waals surface area contributed by atoms with Crippen LogP contribution in [-0.4, -0.2) is 16.9 Å². The summed E-state index contributed by atoms with van der Waals surface area (Å²) < 4.78 is 0. The third-order valence-electron chi connectivity index (χ3n) is 4.01. The molecule has 5 heteroatoms. The molecule has 0 saturated heterocycles. The molecule has 1 heterocycles. The molecule has 21 heavy (non-hydrogen) atoms. The van der Waals surface area contributed by atoms with Gasteiger partial charge in [0.2, 0.25) is 0 Å². The minimum absolute atomic E-state index is 0.124. The van der Waals surface area contributed by atoms with Gasteiger partial charge in [-0.1, -0.05) is 37.6 Å². The van der Waals surface area contributed by atoms with Crippen LogP contribution in [0.2, 0.25) is 0 Å². The van der Waals surface area contributed by atoms with Gasteiger partial charge in [0.1, 0.15) is 11.5 Å². The molecule has 0 aliphatic heterocycles. The van der Waals surface area contributed by atoms with Crippen LogP contribution in [-0.2, 0) is 0 Å². The minimum atomic E-state index is -0.124. The van der Waals surface area contributed by atoms with Crippen LogP contribution in [0.4, 0.5) is 5.82 Å².